The Labute approximate surface area is 153 Å². The summed E-state index contributed by atoms with van der Waals surface area (Å²) in [5.74, 6) is 3.25. The van der Waals surface area contributed by atoms with Gasteiger partial charge in [-0.1, -0.05) is 39.0 Å². The van der Waals surface area contributed by atoms with Crippen molar-refractivity contribution in [3.8, 4) is 5.75 Å². The Balaban J connectivity index is 1.38. The first-order valence-corrected chi connectivity index (χ1v) is 9.21. The molecule has 2 aromatic heterocycles. The Morgan fingerprint density at radius 2 is 1.92 bits per heavy atom. The van der Waals surface area contributed by atoms with Crippen LogP contribution < -0.4 is 10.1 Å². The van der Waals surface area contributed by atoms with Crippen LogP contribution in [0.4, 0.5) is 5.82 Å². The number of para-hydroxylation sites is 1. The van der Waals surface area contributed by atoms with Gasteiger partial charge in [-0.2, -0.15) is 4.52 Å². The van der Waals surface area contributed by atoms with Gasteiger partial charge in [-0.05, 0) is 42.0 Å². The molecule has 2 heterocycles. The topological polar surface area (TPSA) is 64.3 Å². The van der Waals surface area contributed by atoms with Crippen LogP contribution in [0.3, 0.4) is 0 Å². The van der Waals surface area contributed by atoms with Gasteiger partial charge in [0.1, 0.15) is 18.2 Å². The summed E-state index contributed by atoms with van der Waals surface area (Å²) in [6, 6.07) is 12.1. The highest BCUT2D eigenvalue weighted by Crippen LogP contribution is 2.38. The van der Waals surface area contributed by atoms with Crippen LogP contribution in [0.1, 0.15) is 50.9 Å². The van der Waals surface area contributed by atoms with E-state index in [0.717, 1.165) is 23.0 Å². The lowest BCUT2D eigenvalue weighted by Gasteiger charge is -2.22. The Morgan fingerprint density at radius 3 is 2.69 bits per heavy atom. The summed E-state index contributed by atoms with van der Waals surface area (Å²) < 4.78 is 7.86. The molecule has 0 spiro atoms. The number of anilines is 1. The molecule has 0 atom stereocenters. The van der Waals surface area contributed by atoms with Gasteiger partial charge in [0.15, 0.2) is 11.5 Å². The summed E-state index contributed by atoms with van der Waals surface area (Å²) in [4.78, 5) is 0. The lowest BCUT2D eigenvalue weighted by molar-refractivity contribution is 0.323. The van der Waals surface area contributed by atoms with E-state index in [4.69, 9.17) is 4.74 Å². The number of nitrogens with zero attached hydrogens (tertiary/aromatic N) is 4. The molecule has 1 aliphatic carbocycles. The van der Waals surface area contributed by atoms with Crippen molar-refractivity contribution in [2.45, 2.75) is 44.9 Å². The van der Waals surface area contributed by atoms with E-state index in [1.807, 2.05) is 28.8 Å². The molecular formula is C20H25N5O. The van der Waals surface area contributed by atoms with Gasteiger partial charge in [0, 0.05) is 5.92 Å². The normalized spacial score (nSPS) is 14.6. The number of hydrogen-bond acceptors (Lipinski definition) is 5. The number of benzene rings is 1. The van der Waals surface area contributed by atoms with Crippen LogP contribution in [0.25, 0.3) is 5.65 Å². The molecule has 6 nitrogen and oxygen atoms in total. The van der Waals surface area contributed by atoms with E-state index in [-0.39, 0.29) is 5.41 Å². The SMILES string of the molecule is CC(C)(C)c1ccccc1OCCNc1ccc2nnc(C3CC3)n2n1. The second-order valence-electron chi connectivity index (χ2n) is 7.84. The molecule has 1 N–H and O–H groups in total. The molecule has 26 heavy (non-hydrogen) atoms. The van der Waals surface area contributed by atoms with Gasteiger partial charge in [0.05, 0.1) is 6.54 Å². The summed E-state index contributed by atoms with van der Waals surface area (Å²) in [6.07, 6.45) is 2.36. The van der Waals surface area contributed by atoms with Crippen LogP contribution in [0.15, 0.2) is 36.4 Å². The zero-order valence-electron chi connectivity index (χ0n) is 15.6. The third-order valence-corrected chi connectivity index (χ3v) is 4.59. The van der Waals surface area contributed by atoms with Gasteiger partial charge in [-0.3, -0.25) is 0 Å². The molecule has 4 rings (SSSR count). The minimum atomic E-state index is 0.0598. The van der Waals surface area contributed by atoms with Gasteiger partial charge in [-0.25, -0.2) is 0 Å². The molecule has 0 bridgehead atoms. The maximum absolute atomic E-state index is 6.01. The molecule has 1 aliphatic rings. The monoisotopic (exact) mass is 351 g/mol. The summed E-state index contributed by atoms with van der Waals surface area (Å²) in [7, 11) is 0. The maximum atomic E-state index is 6.01. The minimum absolute atomic E-state index is 0.0598. The van der Waals surface area contributed by atoms with Crippen molar-refractivity contribution in [1.29, 1.82) is 0 Å². The van der Waals surface area contributed by atoms with Crippen LogP contribution in [0, 0.1) is 0 Å². The molecule has 0 unspecified atom stereocenters. The van der Waals surface area contributed by atoms with E-state index in [2.05, 4.69) is 53.5 Å². The van der Waals surface area contributed by atoms with Crippen LogP contribution >= 0.6 is 0 Å². The predicted octanol–water partition coefficient (Wildman–Crippen LogP) is 3.79. The standard InChI is InChI=1S/C20H25N5O/c1-20(2,3)15-6-4-5-7-16(15)26-13-12-21-17-10-11-18-22-23-19(14-8-9-14)25(18)24-17/h4-7,10-11,14H,8-9,12-13H2,1-3H3,(H,21,24). The smallest absolute Gasteiger partial charge is 0.178 e. The van der Waals surface area contributed by atoms with Gasteiger partial charge in [0.2, 0.25) is 0 Å². The van der Waals surface area contributed by atoms with Gasteiger partial charge in [-0.15, -0.1) is 15.3 Å². The number of ether oxygens (including phenoxy) is 1. The fourth-order valence-electron chi connectivity index (χ4n) is 3.05. The largest absolute Gasteiger partial charge is 0.491 e. The Bertz CT molecular complexity index is 908. The third kappa shape index (κ3) is 3.49. The summed E-state index contributed by atoms with van der Waals surface area (Å²) in [5.41, 5.74) is 2.08. The summed E-state index contributed by atoms with van der Waals surface area (Å²) in [5, 5.41) is 16.4. The van der Waals surface area contributed by atoms with Crippen molar-refractivity contribution in [2.24, 2.45) is 0 Å². The molecule has 0 amide bonds. The zero-order chi connectivity index (χ0) is 18.1. The number of aromatic nitrogens is 4. The van der Waals surface area contributed by atoms with Crippen molar-refractivity contribution >= 4 is 11.5 Å². The first kappa shape index (κ1) is 16.8. The Kier molecular flexibility index (Phi) is 4.26. The third-order valence-electron chi connectivity index (χ3n) is 4.59. The lowest BCUT2D eigenvalue weighted by atomic mass is 9.86. The molecule has 0 saturated heterocycles. The molecule has 1 aromatic carbocycles. The average molecular weight is 351 g/mol. The highest BCUT2D eigenvalue weighted by atomic mass is 16.5. The van der Waals surface area contributed by atoms with Gasteiger partial charge < -0.3 is 10.1 Å². The summed E-state index contributed by atoms with van der Waals surface area (Å²) >= 11 is 0. The second-order valence-corrected chi connectivity index (χ2v) is 7.84. The van der Waals surface area contributed by atoms with Crippen molar-refractivity contribution in [3.05, 3.63) is 47.8 Å². The molecule has 136 valence electrons. The van der Waals surface area contributed by atoms with Crippen molar-refractivity contribution in [3.63, 3.8) is 0 Å². The van der Waals surface area contributed by atoms with E-state index >= 15 is 0 Å². The molecule has 0 radical (unpaired) electrons. The number of hydrogen-bond donors (Lipinski definition) is 1. The quantitative estimate of drug-likeness (QED) is 0.685. The Hall–Kier alpha value is -2.63. The highest BCUT2D eigenvalue weighted by Gasteiger charge is 2.29. The minimum Gasteiger partial charge on any atom is -0.491 e. The van der Waals surface area contributed by atoms with Crippen LogP contribution in [0.2, 0.25) is 0 Å². The molecular weight excluding hydrogens is 326 g/mol. The van der Waals surface area contributed by atoms with Crippen LogP contribution in [-0.2, 0) is 5.41 Å². The molecule has 3 aromatic rings. The second kappa shape index (κ2) is 6.59. The molecule has 0 aliphatic heterocycles. The fourth-order valence-corrected chi connectivity index (χ4v) is 3.05. The van der Waals surface area contributed by atoms with Crippen LogP contribution in [-0.4, -0.2) is 33.0 Å². The Morgan fingerprint density at radius 1 is 1.12 bits per heavy atom. The average Bonchev–Trinajstić information content (AvgIpc) is 3.38. The number of fused-ring (bicyclic) bond motifs is 1. The van der Waals surface area contributed by atoms with E-state index in [1.54, 1.807) is 0 Å². The van der Waals surface area contributed by atoms with E-state index in [0.29, 0.717) is 19.1 Å². The first-order chi connectivity index (χ1) is 12.5. The zero-order valence-corrected chi connectivity index (χ0v) is 15.6. The molecule has 1 fully saturated rings. The summed E-state index contributed by atoms with van der Waals surface area (Å²) in [6.45, 7) is 7.85. The highest BCUT2D eigenvalue weighted by molar-refractivity contribution is 5.44. The molecule has 6 heteroatoms. The van der Waals surface area contributed by atoms with Gasteiger partial charge >= 0.3 is 0 Å². The number of nitrogens with one attached hydrogen (secondary N) is 1. The lowest BCUT2D eigenvalue weighted by Crippen LogP contribution is -2.17. The van der Waals surface area contributed by atoms with E-state index < -0.39 is 0 Å². The molecule has 1 saturated carbocycles. The first-order valence-electron chi connectivity index (χ1n) is 9.21. The fraction of sp³-hybridized carbons (Fsp3) is 0.450. The van der Waals surface area contributed by atoms with Crippen molar-refractivity contribution < 1.29 is 4.74 Å². The van der Waals surface area contributed by atoms with Crippen molar-refractivity contribution in [1.82, 2.24) is 19.8 Å². The predicted molar refractivity (Wildman–Crippen MR) is 102 cm³/mol. The van der Waals surface area contributed by atoms with Gasteiger partial charge in [0.25, 0.3) is 0 Å². The number of rotatable bonds is 6. The maximum Gasteiger partial charge on any atom is 0.178 e. The van der Waals surface area contributed by atoms with Crippen molar-refractivity contribution in [2.75, 3.05) is 18.5 Å². The van der Waals surface area contributed by atoms with Crippen LogP contribution in [0.5, 0.6) is 5.75 Å². The van der Waals surface area contributed by atoms with E-state index in [9.17, 15) is 0 Å². The van der Waals surface area contributed by atoms with E-state index in [1.165, 1.54) is 18.4 Å².